The van der Waals surface area contributed by atoms with Gasteiger partial charge in [-0.15, -0.1) is 0 Å². The lowest BCUT2D eigenvalue weighted by molar-refractivity contribution is 0.352. The zero-order valence-corrected chi connectivity index (χ0v) is 12.3. The highest BCUT2D eigenvalue weighted by molar-refractivity contribution is 6.08. The van der Waals surface area contributed by atoms with Crippen LogP contribution in [0.15, 0.2) is 27.5 Å². The third-order valence-electron chi connectivity index (χ3n) is 3.76. The number of aryl methyl sites for hydroxylation is 2. The molecule has 0 atom stereocenters. The Labute approximate surface area is 121 Å². The van der Waals surface area contributed by atoms with Crippen LogP contribution in [0.3, 0.4) is 0 Å². The van der Waals surface area contributed by atoms with Crippen LogP contribution in [0.2, 0.25) is 0 Å². The molecule has 0 spiro atoms. The van der Waals surface area contributed by atoms with Crippen molar-refractivity contribution in [2.24, 2.45) is 0 Å². The predicted molar refractivity (Wildman–Crippen MR) is 80.4 cm³/mol. The van der Waals surface area contributed by atoms with Gasteiger partial charge in [0.1, 0.15) is 0 Å². The molecular weight excluding hydrogens is 270 g/mol. The number of fused-ring (bicyclic) bond motifs is 3. The summed E-state index contributed by atoms with van der Waals surface area (Å²) < 4.78 is 16.0. The van der Waals surface area contributed by atoms with E-state index < -0.39 is 5.63 Å². The zero-order chi connectivity index (χ0) is 15.1. The maximum atomic E-state index is 12.2. The summed E-state index contributed by atoms with van der Waals surface area (Å²) in [5.74, 6) is 0.943. The number of rotatable bonds is 2. The van der Waals surface area contributed by atoms with Crippen LogP contribution in [0.1, 0.15) is 11.3 Å². The molecule has 0 unspecified atom stereocenters. The summed E-state index contributed by atoms with van der Waals surface area (Å²) in [6, 6.07) is 3.67. The molecule has 0 aliphatic heterocycles. The van der Waals surface area contributed by atoms with E-state index in [1.54, 1.807) is 19.4 Å². The maximum Gasteiger partial charge on any atom is 0.345 e. The highest BCUT2D eigenvalue weighted by Gasteiger charge is 2.17. The number of ether oxygens (including phenoxy) is 2. The first-order chi connectivity index (χ1) is 10.1. The summed E-state index contributed by atoms with van der Waals surface area (Å²) in [6.07, 6.45) is 1.56. The van der Waals surface area contributed by atoms with Gasteiger partial charge in [-0.25, -0.2) is 4.79 Å². The van der Waals surface area contributed by atoms with Gasteiger partial charge in [0, 0.05) is 22.7 Å². The molecule has 5 nitrogen and oxygen atoms in total. The van der Waals surface area contributed by atoms with E-state index >= 15 is 0 Å². The molecule has 5 heteroatoms. The van der Waals surface area contributed by atoms with Crippen LogP contribution in [0.5, 0.6) is 11.5 Å². The van der Waals surface area contributed by atoms with E-state index in [1.807, 2.05) is 19.9 Å². The molecule has 0 bridgehead atoms. The number of benzene rings is 1. The standard InChI is InChI=1S/C16H15NO4/c1-8-9(2)17-7-11-13(8)10-5-6-12(19-3)15(20-4)14(10)21-16(11)18/h5-7H,1-4H3. The van der Waals surface area contributed by atoms with Gasteiger partial charge in [0.2, 0.25) is 5.75 Å². The molecule has 0 amide bonds. The average molecular weight is 285 g/mol. The van der Waals surface area contributed by atoms with Crippen molar-refractivity contribution in [3.63, 3.8) is 0 Å². The quantitative estimate of drug-likeness (QED) is 0.535. The highest BCUT2D eigenvalue weighted by Crippen LogP contribution is 2.38. The summed E-state index contributed by atoms with van der Waals surface area (Å²) in [5.41, 5.74) is 1.80. The van der Waals surface area contributed by atoms with Crippen LogP contribution in [0.25, 0.3) is 21.7 Å². The summed E-state index contributed by atoms with van der Waals surface area (Å²) in [5, 5.41) is 2.12. The van der Waals surface area contributed by atoms with Crippen LogP contribution < -0.4 is 15.1 Å². The Balaban J connectivity index is 2.62. The van der Waals surface area contributed by atoms with Crippen molar-refractivity contribution in [3.05, 3.63) is 40.0 Å². The van der Waals surface area contributed by atoms with Crippen molar-refractivity contribution in [3.8, 4) is 11.5 Å². The van der Waals surface area contributed by atoms with E-state index in [0.717, 1.165) is 22.0 Å². The van der Waals surface area contributed by atoms with E-state index in [1.165, 1.54) is 7.11 Å². The number of pyridine rings is 1. The zero-order valence-electron chi connectivity index (χ0n) is 12.3. The fraction of sp³-hybridized carbons (Fsp3) is 0.250. The number of hydrogen-bond acceptors (Lipinski definition) is 5. The molecule has 0 aliphatic rings. The Kier molecular flexibility index (Phi) is 3.05. The molecule has 0 radical (unpaired) electrons. The lowest BCUT2D eigenvalue weighted by Gasteiger charge is -2.12. The van der Waals surface area contributed by atoms with Gasteiger partial charge in [-0.05, 0) is 31.5 Å². The Bertz CT molecular complexity index is 912. The van der Waals surface area contributed by atoms with Gasteiger partial charge in [-0.2, -0.15) is 0 Å². The van der Waals surface area contributed by atoms with Crippen molar-refractivity contribution in [1.82, 2.24) is 4.98 Å². The molecule has 21 heavy (non-hydrogen) atoms. The topological polar surface area (TPSA) is 61.6 Å². The van der Waals surface area contributed by atoms with Crippen LogP contribution in [0, 0.1) is 13.8 Å². The first kappa shape index (κ1) is 13.4. The largest absolute Gasteiger partial charge is 0.493 e. The maximum absolute atomic E-state index is 12.2. The van der Waals surface area contributed by atoms with Gasteiger partial charge in [-0.1, -0.05) is 0 Å². The van der Waals surface area contributed by atoms with Crippen molar-refractivity contribution in [2.75, 3.05) is 14.2 Å². The SMILES string of the molecule is COc1ccc2c(oc(=O)c3cnc(C)c(C)c32)c1OC. The number of aromatic nitrogens is 1. The van der Waals surface area contributed by atoms with Crippen molar-refractivity contribution >= 4 is 21.7 Å². The Morgan fingerprint density at radius 2 is 1.86 bits per heavy atom. The Morgan fingerprint density at radius 3 is 2.52 bits per heavy atom. The van der Waals surface area contributed by atoms with E-state index in [0.29, 0.717) is 22.5 Å². The third kappa shape index (κ3) is 1.85. The molecule has 0 aliphatic carbocycles. The smallest absolute Gasteiger partial charge is 0.345 e. The molecule has 0 saturated carbocycles. The highest BCUT2D eigenvalue weighted by atomic mass is 16.5. The van der Waals surface area contributed by atoms with Crippen molar-refractivity contribution < 1.29 is 13.9 Å². The molecule has 1 aromatic carbocycles. The predicted octanol–water partition coefficient (Wildman–Crippen LogP) is 2.98. The molecule has 3 rings (SSSR count). The molecule has 0 fully saturated rings. The van der Waals surface area contributed by atoms with Gasteiger partial charge in [0.05, 0.1) is 19.6 Å². The normalized spacial score (nSPS) is 11.0. The monoisotopic (exact) mass is 285 g/mol. The molecule has 0 N–H and O–H groups in total. The Morgan fingerprint density at radius 1 is 1.10 bits per heavy atom. The van der Waals surface area contributed by atoms with Gasteiger partial charge in [-0.3, -0.25) is 4.98 Å². The lowest BCUT2D eigenvalue weighted by Crippen LogP contribution is -2.04. The van der Waals surface area contributed by atoms with Gasteiger partial charge >= 0.3 is 5.63 Å². The van der Waals surface area contributed by atoms with Crippen LogP contribution >= 0.6 is 0 Å². The van der Waals surface area contributed by atoms with Crippen LogP contribution in [-0.2, 0) is 0 Å². The van der Waals surface area contributed by atoms with E-state index in [9.17, 15) is 4.79 Å². The fourth-order valence-electron chi connectivity index (χ4n) is 2.55. The third-order valence-corrected chi connectivity index (χ3v) is 3.76. The van der Waals surface area contributed by atoms with Crippen molar-refractivity contribution in [1.29, 1.82) is 0 Å². The van der Waals surface area contributed by atoms with Crippen molar-refractivity contribution in [2.45, 2.75) is 13.8 Å². The second kappa shape index (κ2) is 4.77. The van der Waals surface area contributed by atoms with Crippen LogP contribution in [0.4, 0.5) is 0 Å². The Hall–Kier alpha value is -2.56. The van der Waals surface area contributed by atoms with E-state index in [-0.39, 0.29) is 0 Å². The summed E-state index contributed by atoms with van der Waals surface area (Å²) in [6.45, 7) is 3.86. The molecule has 0 saturated heterocycles. The minimum absolute atomic E-state index is 0.392. The summed E-state index contributed by atoms with van der Waals surface area (Å²) in [4.78, 5) is 16.5. The summed E-state index contributed by atoms with van der Waals surface area (Å²) in [7, 11) is 3.06. The second-order valence-corrected chi connectivity index (χ2v) is 4.82. The van der Waals surface area contributed by atoms with Gasteiger partial charge in [0.25, 0.3) is 0 Å². The number of methoxy groups -OCH3 is 2. The van der Waals surface area contributed by atoms with Gasteiger partial charge < -0.3 is 13.9 Å². The van der Waals surface area contributed by atoms with E-state index in [4.69, 9.17) is 13.9 Å². The summed E-state index contributed by atoms with van der Waals surface area (Å²) >= 11 is 0. The lowest BCUT2D eigenvalue weighted by atomic mass is 10.0. The molecule has 108 valence electrons. The minimum atomic E-state index is -0.431. The second-order valence-electron chi connectivity index (χ2n) is 4.82. The average Bonchev–Trinajstić information content (AvgIpc) is 2.49. The minimum Gasteiger partial charge on any atom is -0.493 e. The first-order valence-electron chi connectivity index (χ1n) is 6.52. The van der Waals surface area contributed by atoms with Gasteiger partial charge in [0.15, 0.2) is 11.3 Å². The number of hydrogen-bond donors (Lipinski definition) is 0. The fourth-order valence-corrected chi connectivity index (χ4v) is 2.55. The molecular formula is C16H15NO4. The molecule has 2 heterocycles. The first-order valence-corrected chi connectivity index (χ1v) is 6.52. The van der Waals surface area contributed by atoms with Crippen LogP contribution in [-0.4, -0.2) is 19.2 Å². The molecule has 3 aromatic rings. The number of nitrogens with zero attached hydrogens (tertiary/aromatic N) is 1. The molecule has 2 aromatic heterocycles. The van der Waals surface area contributed by atoms with E-state index in [2.05, 4.69) is 4.98 Å².